The molecule has 0 fully saturated rings. The molecule has 0 aliphatic heterocycles. The van der Waals surface area contributed by atoms with Crippen molar-refractivity contribution in [2.45, 2.75) is 151 Å². The summed E-state index contributed by atoms with van der Waals surface area (Å²) in [5.41, 5.74) is -1.78. The third-order valence-corrected chi connectivity index (χ3v) is 4.97. The first kappa shape index (κ1) is 53.2. The van der Waals surface area contributed by atoms with Gasteiger partial charge < -0.3 is 24.3 Å². The quantitative estimate of drug-likeness (QED) is 0.0948. The van der Waals surface area contributed by atoms with Gasteiger partial charge in [0, 0.05) is 39.0 Å². The van der Waals surface area contributed by atoms with E-state index in [-0.39, 0.29) is 37.3 Å². The zero-order chi connectivity index (χ0) is 37.7. The molecule has 12 heteroatoms. The van der Waals surface area contributed by atoms with Crippen LogP contribution >= 0.6 is 0 Å². The summed E-state index contributed by atoms with van der Waals surface area (Å²) in [7, 11) is 0. The summed E-state index contributed by atoms with van der Waals surface area (Å²) in [6.07, 6.45) is 1.19. The molecular weight excluding hydrogens is 610 g/mol. The second-order valence-electron chi connectivity index (χ2n) is 14.5. The second-order valence-corrected chi connectivity index (χ2v) is 14.5. The lowest BCUT2D eigenvalue weighted by Gasteiger charge is -2.20. The minimum absolute atomic E-state index is 0. The molecule has 0 saturated heterocycles. The molecule has 0 rings (SSSR count). The van der Waals surface area contributed by atoms with Gasteiger partial charge in [0.05, 0.1) is 22.8 Å². The van der Waals surface area contributed by atoms with Crippen molar-refractivity contribution in [3.63, 3.8) is 0 Å². The van der Waals surface area contributed by atoms with E-state index in [0.29, 0.717) is 25.2 Å². The fourth-order valence-corrected chi connectivity index (χ4v) is 2.27. The third kappa shape index (κ3) is 35.4. The van der Waals surface area contributed by atoms with E-state index in [4.69, 9.17) is 9.47 Å². The molecule has 0 aromatic carbocycles. The molecule has 1 N–H and O–H groups in total. The Morgan fingerprint density at radius 1 is 0.617 bits per heavy atom. The van der Waals surface area contributed by atoms with E-state index in [0.717, 1.165) is 6.42 Å². The highest BCUT2D eigenvalue weighted by atomic mass is 16.7. The lowest BCUT2D eigenvalue weighted by Crippen LogP contribution is -2.30. The van der Waals surface area contributed by atoms with Crippen LogP contribution < -0.4 is 5.32 Å². The standard InChI is InChI=1S/C11H21NO3.C9H16O4.C7H12O3.C7H14O.CH4/c1-5-6-9(13)12-7-8-15-10(14)11(2,3)4;1-6(10)12-7(2)13-8(11)9(3,4)5;1-5(8)10-6(9)7(2,3)4;1-5-6(8)7(2,3)4;/h5-8H2,1-4H3,(H,12,13);7H,1-5H3;1-4H3;5H2,1-4H3;1H4. The van der Waals surface area contributed by atoms with Crippen LogP contribution in [0.15, 0.2) is 0 Å². The average Bonchev–Trinajstić information content (AvgIpc) is 2.84. The number of carbonyl (C=O) groups is 7. The number of hydrogen-bond acceptors (Lipinski definition) is 11. The molecule has 0 aliphatic rings. The van der Waals surface area contributed by atoms with Crippen molar-refractivity contribution in [3.8, 4) is 0 Å². The zero-order valence-corrected chi connectivity index (χ0v) is 31.6. The van der Waals surface area contributed by atoms with E-state index in [1.54, 1.807) is 62.3 Å². The maximum absolute atomic E-state index is 11.3. The molecule has 1 atom stereocenters. The lowest BCUT2D eigenvalue weighted by atomic mass is 9.90. The molecule has 12 nitrogen and oxygen atoms in total. The largest absolute Gasteiger partial charge is 0.463 e. The first-order valence-corrected chi connectivity index (χ1v) is 15.5. The number of esters is 5. The number of ether oxygens (including phenoxy) is 4. The minimum Gasteiger partial charge on any atom is -0.463 e. The van der Waals surface area contributed by atoms with Crippen molar-refractivity contribution in [1.82, 2.24) is 5.32 Å². The summed E-state index contributed by atoms with van der Waals surface area (Å²) in [4.78, 5) is 76.0. The molecule has 1 unspecified atom stereocenters. The maximum atomic E-state index is 11.3. The van der Waals surface area contributed by atoms with Crippen molar-refractivity contribution in [3.05, 3.63) is 0 Å². The first-order chi connectivity index (χ1) is 20.4. The van der Waals surface area contributed by atoms with Crippen LogP contribution in [0.3, 0.4) is 0 Å². The molecule has 0 aliphatic carbocycles. The van der Waals surface area contributed by atoms with Gasteiger partial charge in [-0.15, -0.1) is 0 Å². The molecule has 278 valence electrons. The fourth-order valence-electron chi connectivity index (χ4n) is 2.27. The summed E-state index contributed by atoms with van der Waals surface area (Å²) in [6, 6.07) is 0. The van der Waals surface area contributed by atoms with E-state index < -0.39 is 40.4 Å². The van der Waals surface area contributed by atoms with Crippen LogP contribution in [-0.2, 0) is 52.5 Å². The Morgan fingerprint density at radius 3 is 1.30 bits per heavy atom. The van der Waals surface area contributed by atoms with Crippen LogP contribution in [0.25, 0.3) is 0 Å². The molecule has 47 heavy (non-hydrogen) atoms. The molecule has 1 amide bonds. The highest BCUT2D eigenvalue weighted by molar-refractivity contribution is 5.87. The number of nitrogens with one attached hydrogen (secondary N) is 1. The summed E-state index contributed by atoms with van der Waals surface area (Å²) in [6.45, 7) is 29.9. The first-order valence-electron chi connectivity index (χ1n) is 15.5. The summed E-state index contributed by atoms with van der Waals surface area (Å²) in [5.74, 6) is -1.80. The van der Waals surface area contributed by atoms with Crippen molar-refractivity contribution in [2.75, 3.05) is 13.2 Å². The number of rotatable bonds is 8. The van der Waals surface area contributed by atoms with E-state index in [9.17, 15) is 33.6 Å². The molecule has 0 saturated carbocycles. The SMILES string of the molecule is C.CC(=O)OC(=O)C(C)(C)C.CC(=O)OC(C)OC(=O)C(C)(C)C.CCC(=O)C(C)(C)C.CCCC(=O)NCCOC(=O)C(C)(C)C. The number of amides is 1. The molecule has 0 bridgehead atoms. The smallest absolute Gasteiger partial charge is 0.318 e. The Morgan fingerprint density at radius 2 is 1.04 bits per heavy atom. The van der Waals surface area contributed by atoms with Crippen molar-refractivity contribution >= 4 is 41.5 Å². The monoisotopic (exact) mass is 677 g/mol. The van der Waals surface area contributed by atoms with Crippen molar-refractivity contribution < 1.29 is 52.5 Å². The lowest BCUT2D eigenvalue weighted by molar-refractivity contribution is -0.189. The van der Waals surface area contributed by atoms with E-state index in [2.05, 4.69) is 14.8 Å². The number of Topliss-reactive ketones (excluding diaryl/α,β-unsaturated/α-hetero) is 1. The highest BCUT2D eigenvalue weighted by Crippen LogP contribution is 2.17. The van der Waals surface area contributed by atoms with E-state index in [1.165, 1.54) is 20.8 Å². The van der Waals surface area contributed by atoms with Crippen LogP contribution in [-0.4, -0.2) is 61.0 Å². The Bertz CT molecular complexity index is 973. The van der Waals surface area contributed by atoms with Crippen LogP contribution in [0.2, 0.25) is 0 Å². The maximum Gasteiger partial charge on any atom is 0.318 e. The van der Waals surface area contributed by atoms with Crippen LogP contribution in [0.5, 0.6) is 0 Å². The number of ketones is 1. The van der Waals surface area contributed by atoms with Crippen molar-refractivity contribution in [1.29, 1.82) is 0 Å². The molecule has 0 heterocycles. The van der Waals surface area contributed by atoms with Gasteiger partial charge in [0.25, 0.3) is 0 Å². The number of carbonyl (C=O) groups excluding carboxylic acids is 7. The predicted octanol–water partition coefficient (Wildman–Crippen LogP) is 6.75. The van der Waals surface area contributed by atoms with Gasteiger partial charge >= 0.3 is 29.8 Å². The van der Waals surface area contributed by atoms with Gasteiger partial charge in [-0.05, 0) is 68.7 Å². The Labute approximate surface area is 284 Å². The Hall–Kier alpha value is -3.31. The second kappa shape index (κ2) is 24.8. The summed E-state index contributed by atoms with van der Waals surface area (Å²) >= 11 is 0. The molecule has 0 aromatic rings. The molecule has 0 radical (unpaired) electrons. The Balaban J connectivity index is -0.000000170. The normalized spacial score (nSPS) is 11.4. The van der Waals surface area contributed by atoms with Crippen LogP contribution in [0, 0.1) is 21.7 Å². The minimum atomic E-state index is -0.816. The van der Waals surface area contributed by atoms with Gasteiger partial charge in [-0.2, -0.15) is 0 Å². The third-order valence-electron chi connectivity index (χ3n) is 4.97. The number of hydrogen-bond donors (Lipinski definition) is 1. The summed E-state index contributed by atoms with van der Waals surface area (Å²) in [5, 5.41) is 2.67. The van der Waals surface area contributed by atoms with Crippen LogP contribution in [0.4, 0.5) is 0 Å². The zero-order valence-electron chi connectivity index (χ0n) is 31.6. The van der Waals surface area contributed by atoms with Gasteiger partial charge in [-0.25, -0.2) is 0 Å². The average molecular weight is 678 g/mol. The van der Waals surface area contributed by atoms with Crippen molar-refractivity contribution in [2.24, 2.45) is 21.7 Å². The molecule has 0 aromatic heterocycles. The topological polar surface area (TPSA) is 168 Å². The molecular formula is C35H67NO11. The predicted molar refractivity (Wildman–Crippen MR) is 183 cm³/mol. The van der Waals surface area contributed by atoms with Gasteiger partial charge in [0.15, 0.2) is 0 Å². The van der Waals surface area contributed by atoms with E-state index >= 15 is 0 Å². The van der Waals surface area contributed by atoms with Crippen LogP contribution in [0.1, 0.15) is 144 Å². The van der Waals surface area contributed by atoms with Gasteiger partial charge in [-0.1, -0.05) is 42.0 Å². The fraction of sp³-hybridized carbons (Fsp3) is 0.800. The molecule has 0 spiro atoms. The van der Waals surface area contributed by atoms with Gasteiger partial charge in [-0.3, -0.25) is 33.6 Å². The highest BCUT2D eigenvalue weighted by Gasteiger charge is 2.26. The Kier molecular flexibility index (Phi) is 28.1. The summed E-state index contributed by atoms with van der Waals surface area (Å²) < 4.78 is 18.8. The van der Waals surface area contributed by atoms with Gasteiger partial charge in [0.2, 0.25) is 12.2 Å². The van der Waals surface area contributed by atoms with Gasteiger partial charge in [0.1, 0.15) is 12.4 Å². The van der Waals surface area contributed by atoms with E-state index in [1.807, 2.05) is 34.6 Å².